The van der Waals surface area contributed by atoms with Gasteiger partial charge in [-0.1, -0.05) is 23.7 Å². The number of benzene rings is 2. The quantitative estimate of drug-likeness (QED) is 0.619. The van der Waals surface area contributed by atoms with Crippen molar-refractivity contribution in [3.63, 3.8) is 0 Å². The molecule has 0 heterocycles. The van der Waals surface area contributed by atoms with Gasteiger partial charge in [-0.3, -0.25) is 10.1 Å². The van der Waals surface area contributed by atoms with Crippen molar-refractivity contribution in [2.75, 3.05) is 7.11 Å². The van der Waals surface area contributed by atoms with Gasteiger partial charge in [0, 0.05) is 12.1 Å². The molecule has 2 aromatic rings. The number of nitriles is 1. The molecule has 0 unspecified atom stereocenters. The van der Waals surface area contributed by atoms with Crippen LogP contribution in [0.1, 0.15) is 11.1 Å². The Morgan fingerprint density at radius 2 is 2.09 bits per heavy atom. The van der Waals surface area contributed by atoms with Crippen molar-refractivity contribution in [1.82, 2.24) is 0 Å². The monoisotopic (exact) mass is 318 g/mol. The van der Waals surface area contributed by atoms with Crippen LogP contribution < -0.4 is 9.47 Å². The fourth-order valence-corrected chi connectivity index (χ4v) is 2.15. The van der Waals surface area contributed by atoms with Gasteiger partial charge in [0.25, 0.3) is 5.69 Å². The van der Waals surface area contributed by atoms with Crippen molar-refractivity contribution in [2.24, 2.45) is 0 Å². The maximum absolute atomic E-state index is 11.0. The van der Waals surface area contributed by atoms with Gasteiger partial charge in [0.2, 0.25) is 0 Å². The summed E-state index contributed by atoms with van der Waals surface area (Å²) in [6, 6.07) is 11.2. The number of halogens is 1. The van der Waals surface area contributed by atoms with E-state index in [9.17, 15) is 10.1 Å². The van der Waals surface area contributed by atoms with E-state index in [-0.39, 0.29) is 23.1 Å². The standard InChI is InChI=1S/C15H11ClN2O4/c1-21-14-7-10(8-17)6-12(16)15(14)22-9-11-4-2-3-5-13(11)18(19)20/h2-7H,9H2,1H3. The normalized spacial score (nSPS) is 9.86. The van der Waals surface area contributed by atoms with Gasteiger partial charge in [0.1, 0.15) is 6.61 Å². The molecular weight excluding hydrogens is 308 g/mol. The van der Waals surface area contributed by atoms with Crippen molar-refractivity contribution in [3.05, 3.63) is 62.7 Å². The number of methoxy groups -OCH3 is 1. The van der Waals surface area contributed by atoms with Crippen molar-refractivity contribution in [2.45, 2.75) is 6.61 Å². The van der Waals surface area contributed by atoms with Gasteiger partial charge in [0.05, 0.1) is 34.3 Å². The summed E-state index contributed by atoms with van der Waals surface area (Å²) in [5.41, 5.74) is 0.709. The molecule has 22 heavy (non-hydrogen) atoms. The third kappa shape index (κ3) is 3.27. The second-order valence-electron chi connectivity index (χ2n) is 4.28. The Hall–Kier alpha value is -2.78. The fraction of sp³-hybridized carbons (Fsp3) is 0.133. The lowest BCUT2D eigenvalue weighted by Crippen LogP contribution is -2.02. The zero-order chi connectivity index (χ0) is 16.1. The SMILES string of the molecule is COc1cc(C#N)cc(Cl)c1OCc1ccccc1[N+](=O)[O-]. The lowest BCUT2D eigenvalue weighted by Gasteiger charge is -2.12. The van der Waals surface area contributed by atoms with Crippen LogP contribution >= 0.6 is 11.6 Å². The minimum absolute atomic E-state index is 0.0359. The van der Waals surface area contributed by atoms with Gasteiger partial charge in [-0.25, -0.2) is 0 Å². The molecule has 6 nitrogen and oxygen atoms in total. The summed E-state index contributed by atoms with van der Waals surface area (Å²) in [5.74, 6) is 0.531. The first-order valence-corrected chi connectivity index (χ1v) is 6.57. The molecule has 0 aliphatic carbocycles. The average Bonchev–Trinajstić information content (AvgIpc) is 2.53. The van der Waals surface area contributed by atoms with Gasteiger partial charge in [-0.2, -0.15) is 5.26 Å². The highest BCUT2D eigenvalue weighted by atomic mass is 35.5. The molecule has 0 aliphatic heterocycles. The van der Waals surface area contributed by atoms with E-state index in [1.165, 1.54) is 25.3 Å². The molecule has 0 fully saturated rings. The van der Waals surface area contributed by atoms with Crippen LogP contribution in [0, 0.1) is 21.4 Å². The highest BCUT2D eigenvalue weighted by Gasteiger charge is 2.16. The Labute approximate surface area is 131 Å². The minimum Gasteiger partial charge on any atom is -0.493 e. The Balaban J connectivity index is 2.30. The number of hydrogen-bond donors (Lipinski definition) is 0. The first-order chi connectivity index (χ1) is 10.6. The molecule has 0 bridgehead atoms. The summed E-state index contributed by atoms with van der Waals surface area (Å²) in [4.78, 5) is 10.5. The molecule has 0 aliphatic rings. The molecule has 0 radical (unpaired) electrons. The van der Waals surface area contributed by atoms with Crippen molar-refractivity contribution < 1.29 is 14.4 Å². The van der Waals surface area contributed by atoms with Gasteiger partial charge in [-0.05, 0) is 12.1 Å². The lowest BCUT2D eigenvalue weighted by molar-refractivity contribution is -0.385. The maximum atomic E-state index is 11.0. The summed E-state index contributed by atoms with van der Waals surface area (Å²) in [5, 5.41) is 20.1. The number of nitro benzene ring substituents is 1. The molecule has 0 saturated carbocycles. The third-order valence-electron chi connectivity index (χ3n) is 2.92. The van der Waals surface area contributed by atoms with E-state index in [2.05, 4.69) is 0 Å². The molecule has 0 amide bonds. The zero-order valence-corrected chi connectivity index (χ0v) is 12.3. The van der Waals surface area contributed by atoms with E-state index in [1.54, 1.807) is 18.2 Å². The number of para-hydroxylation sites is 1. The average molecular weight is 319 g/mol. The largest absolute Gasteiger partial charge is 0.493 e. The predicted octanol–water partition coefficient (Wildman–Crippen LogP) is 3.71. The maximum Gasteiger partial charge on any atom is 0.276 e. The summed E-state index contributed by atoms with van der Waals surface area (Å²) < 4.78 is 10.7. The van der Waals surface area contributed by atoms with Crippen LogP contribution in [0.5, 0.6) is 11.5 Å². The van der Waals surface area contributed by atoms with E-state index < -0.39 is 4.92 Å². The molecule has 0 spiro atoms. The predicted molar refractivity (Wildman–Crippen MR) is 80.1 cm³/mol. The first kappa shape index (κ1) is 15.6. The van der Waals surface area contributed by atoms with Crippen molar-refractivity contribution >= 4 is 17.3 Å². The molecule has 2 aromatic carbocycles. The van der Waals surface area contributed by atoms with Gasteiger partial charge in [-0.15, -0.1) is 0 Å². The Morgan fingerprint density at radius 1 is 1.36 bits per heavy atom. The number of rotatable bonds is 5. The molecule has 0 aromatic heterocycles. The topological polar surface area (TPSA) is 85.4 Å². The second-order valence-corrected chi connectivity index (χ2v) is 4.68. The molecule has 0 saturated heterocycles. The molecule has 112 valence electrons. The van der Waals surface area contributed by atoms with E-state index in [0.29, 0.717) is 16.9 Å². The Kier molecular flexibility index (Phi) is 4.81. The van der Waals surface area contributed by atoms with E-state index in [0.717, 1.165) is 0 Å². The summed E-state index contributed by atoms with van der Waals surface area (Å²) in [6.45, 7) is -0.0425. The molecule has 2 rings (SSSR count). The minimum atomic E-state index is -0.476. The lowest BCUT2D eigenvalue weighted by atomic mass is 10.2. The Morgan fingerprint density at radius 3 is 2.73 bits per heavy atom. The van der Waals surface area contributed by atoms with Gasteiger partial charge < -0.3 is 9.47 Å². The van der Waals surface area contributed by atoms with Gasteiger partial charge in [0.15, 0.2) is 11.5 Å². The highest BCUT2D eigenvalue weighted by Crippen LogP contribution is 2.37. The van der Waals surface area contributed by atoms with E-state index >= 15 is 0 Å². The highest BCUT2D eigenvalue weighted by molar-refractivity contribution is 6.32. The summed E-state index contributed by atoms with van der Waals surface area (Å²) in [6.07, 6.45) is 0. The van der Waals surface area contributed by atoms with Crippen LogP contribution in [-0.4, -0.2) is 12.0 Å². The van der Waals surface area contributed by atoms with Crippen molar-refractivity contribution in [3.8, 4) is 17.6 Å². The van der Waals surface area contributed by atoms with E-state index in [1.807, 2.05) is 6.07 Å². The fourth-order valence-electron chi connectivity index (χ4n) is 1.89. The van der Waals surface area contributed by atoms with Crippen LogP contribution in [0.4, 0.5) is 5.69 Å². The number of ether oxygens (including phenoxy) is 2. The van der Waals surface area contributed by atoms with Crippen LogP contribution in [0.25, 0.3) is 0 Å². The Bertz CT molecular complexity index is 756. The smallest absolute Gasteiger partial charge is 0.276 e. The molecule has 0 N–H and O–H groups in total. The van der Waals surface area contributed by atoms with E-state index in [4.69, 9.17) is 26.3 Å². The van der Waals surface area contributed by atoms with Crippen molar-refractivity contribution in [1.29, 1.82) is 5.26 Å². The number of hydrogen-bond acceptors (Lipinski definition) is 5. The zero-order valence-electron chi connectivity index (χ0n) is 11.6. The second kappa shape index (κ2) is 6.78. The summed E-state index contributed by atoms with van der Waals surface area (Å²) in [7, 11) is 1.42. The molecule has 7 heteroatoms. The molecule has 0 atom stereocenters. The first-order valence-electron chi connectivity index (χ1n) is 6.19. The van der Waals surface area contributed by atoms with Gasteiger partial charge >= 0.3 is 0 Å². The van der Waals surface area contributed by atoms with Crippen LogP contribution in [0.2, 0.25) is 5.02 Å². The summed E-state index contributed by atoms with van der Waals surface area (Å²) >= 11 is 6.07. The molecular formula is C15H11ClN2O4. The van der Waals surface area contributed by atoms with Crippen LogP contribution in [0.15, 0.2) is 36.4 Å². The number of nitrogens with zero attached hydrogens (tertiary/aromatic N) is 2. The van der Waals surface area contributed by atoms with Crippen LogP contribution in [0.3, 0.4) is 0 Å². The third-order valence-corrected chi connectivity index (χ3v) is 3.20. The number of nitro groups is 1. The van der Waals surface area contributed by atoms with Crippen LogP contribution in [-0.2, 0) is 6.61 Å².